The van der Waals surface area contributed by atoms with E-state index in [2.05, 4.69) is 0 Å². The zero-order valence-electron chi connectivity index (χ0n) is 10.2. The highest BCUT2D eigenvalue weighted by atomic mass is 16.6. The maximum absolute atomic E-state index is 11.6. The first-order chi connectivity index (χ1) is 8.99. The Hall–Kier alpha value is -2.44. The number of nitrogens with two attached hydrogens (primary N) is 1. The van der Waals surface area contributed by atoms with Gasteiger partial charge in [-0.05, 0) is 18.1 Å². The Kier molecular flexibility index (Phi) is 3.46. The van der Waals surface area contributed by atoms with E-state index in [0.29, 0.717) is 24.8 Å². The Morgan fingerprint density at radius 2 is 1.89 bits per heavy atom. The summed E-state index contributed by atoms with van der Waals surface area (Å²) in [7, 11) is 0. The maximum atomic E-state index is 11.6. The van der Waals surface area contributed by atoms with Gasteiger partial charge >= 0.3 is 0 Å². The van der Waals surface area contributed by atoms with Gasteiger partial charge in [-0.15, -0.1) is 0 Å². The molecule has 2 rings (SSSR count). The van der Waals surface area contributed by atoms with Crippen LogP contribution in [0.15, 0.2) is 18.2 Å². The first-order valence-electron chi connectivity index (χ1n) is 5.85. The second-order valence-electron chi connectivity index (χ2n) is 4.38. The van der Waals surface area contributed by atoms with Gasteiger partial charge in [-0.1, -0.05) is 6.07 Å². The number of hydrogen-bond acceptors (Lipinski definition) is 5. The quantitative estimate of drug-likeness (QED) is 0.382. The van der Waals surface area contributed by atoms with Crippen molar-refractivity contribution in [3.63, 3.8) is 0 Å². The molecule has 1 fully saturated rings. The third kappa shape index (κ3) is 2.70. The molecule has 1 aromatic carbocycles. The number of benzene rings is 1. The van der Waals surface area contributed by atoms with Crippen molar-refractivity contribution in [3.8, 4) is 0 Å². The predicted molar refractivity (Wildman–Crippen MR) is 66.9 cm³/mol. The van der Waals surface area contributed by atoms with Crippen molar-refractivity contribution in [3.05, 3.63) is 33.9 Å². The summed E-state index contributed by atoms with van der Waals surface area (Å²) in [4.78, 5) is 34.5. The molecule has 100 valence electrons. The molecule has 2 amide bonds. The van der Waals surface area contributed by atoms with Gasteiger partial charge in [0.25, 0.3) is 5.69 Å². The molecule has 1 saturated heterocycles. The van der Waals surface area contributed by atoms with Crippen LogP contribution in [0, 0.1) is 10.1 Å². The minimum absolute atomic E-state index is 0.0272. The molecule has 0 aliphatic carbocycles. The molecule has 1 aliphatic heterocycles. The number of nitro groups is 1. The molecule has 0 atom stereocenters. The van der Waals surface area contributed by atoms with E-state index in [1.165, 1.54) is 23.1 Å². The molecular formula is C12H13N3O4. The van der Waals surface area contributed by atoms with Gasteiger partial charge < -0.3 is 5.73 Å². The van der Waals surface area contributed by atoms with E-state index in [1.807, 2.05) is 0 Å². The summed E-state index contributed by atoms with van der Waals surface area (Å²) in [5.41, 5.74) is 6.02. The number of carbonyl (C=O) groups excluding carboxylic acids is 2. The Morgan fingerprint density at radius 1 is 1.26 bits per heavy atom. The van der Waals surface area contributed by atoms with Crippen molar-refractivity contribution < 1.29 is 14.5 Å². The van der Waals surface area contributed by atoms with Gasteiger partial charge in [-0.25, -0.2) is 0 Å². The van der Waals surface area contributed by atoms with E-state index in [0.717, 1.165) is 0 Å². The second-order valence-corrected chi connectivity index (χ2v) is 4.38. The molecule has 7 heteroatoms. The van der Waals surface area contributed by atoms with Crippen molar-refractivity contribution in [2.45, 2.75) is 25.8 Å². The van der Waals surface area contributed by atoms with Gasteiger partial charge in [0.15, 0.2) is 0 Å². The lowest BCUT2D eigenvalue weighted by molar-refractivity contribution is -0.383. The monoisotopic (exact) mass is 263 g/mol. The van der Waals surface area contributed by atoms with Crippen molar-refractivity contribution in [2.24, 2.45) is 0 Å². The number of nitrogen functional groups attached to an aromatic ring is 1. The molecule has 0 unspecified atom stereocenters. The van der Waals surface area contributed by atoms with Crippen molar-refractivity contribution in [1.29, 1.82) is 0 Å². The molecular weight excluding hydrogens is 250 g/mol. The number of nitrogens with zero attached hydrogens (tertiary/aromatic N) is 2. The third-order valence-electron chi connectivity index (χ3n) is 3.01. The number of rotatable bonds is 3. The highest BCUT2D eigenvalue weighted by molar-refractivity contribution is 5.97. The van der Waals surface area contributed by atoms with Crippen molar-refractivity contribution in [2.75, 3.05) is 5.73 Å². The van der Waals surface area contributed by atoms with Gasteiger partial charge in [0.2, 0.25) is 11.8 Å². The van der Waals surface area contributed by atoms with Gasteiger partial charge in [0.1, 0.15) is 5.69 Å². The molecule has 19 heavy (non-hydrogen) atoms. The van der Waals surface area contributed by atoms with E-state index in [4.69, 9.17) is 5.73 Å². The largest absolute Gasteiger partial charge is 0.393 e. The fourth-order valence-electron chi connectivity index (χ4n) is 2.03. The van der Waals surface area contributed by atoms with Gasteiger partial charge in [-0.3, -0.25) is 24.6 Å². The highest BCUT2D eigenvalue weighted by Crippen LogP contribution is 2.24. The summed E-state index contributed by atoms with van der Waals surface area (Å²) >= 11 is 0. The molecule has 0 saturated carbocycles. The topological polar surface area (TPSA) is 107 Å². The van der Waals surface area contributed by atoms with E-state index in [-0.39, 0.29) is 29.7 Å². The lowest BCUT2D eigenvalue weighted by Crippen LogP contribution is -2.39. The van der Waals surface area contributed by atoms with Crippen LogP contribution in [0.2, 0.25) is 0 Å². The van der Waals surface area contributed by atoms with Crippen molar-refractivity contribution >= 4 is 23.2 Å². The van der Waals surface area contributed by atoms with Crippen LogP contribution in [0.3, 0.4) is 0 Å². The molecule has 1 aliphatic rings. The van der Waals surface area contributed by atoms with Crippen LogP contribution in [0.4, 0.5) is 11.4 Å². The Morgan fingerprint density at radius 3 is 2.42 bits per heavy atom. The molecule has 0 spiro atoms. The minimum atomic E-state index is -0.573. The molecule has 7 nitrogen and oxygen atoms in total. The maximum Gasteiger partial charge on any atom is 0.292 e. The summed E-state index contributed by atoms with van der Waals surface area (Å²) in [5.74, 6) is -0.429. The number of likely N-dealkylation sites (tertiary alicyclic amines) is 1. The van der Waals surface area contributed by atoms with Crippen LogP contribution in [0.1, 0.15) is 24.8 Å². The Balaban J connectivity index is 2.19. The van der Waals surface area contributed by atoms with Crippen LogP contribution < -0.4 is 5.73 Å². The number of piperidine rings is 1. The van der Waals surface area contributed by atoms with Crippen LogP contribution in [-0.2, 0) is 16.1 Å². The van der Waals surface area contributed by atoms with Gasteiger partial charge in [0.05, 0.1) is 11.5 Å². The number of carbonyl (C=O) groups is 2. The number of imide groups is 1. The zero-order valence-corrected chi connectivity index (χ0v) is 10.2. The molecule has 0 radical (unpaired) electrons. The second kappa shape index (κ2) is 5.05. The zero-order chi connectivity index (χ0) is 14.0. The normalized spacial score (nSPS) is 15.7. The SMILES string of the molecule is Nc1cc(CN2C(=O)CCCC2=O)ccc1[N+](=O)[O-]. The van der Waals surface area contributed by atoms with E-state index in [9.17, 15) is 19.7 Å². The first kappa shape index (κ1) is 13.0. The van der Waals surface area contributed by atoms with Crippen molar-refractivity contribution in [1.82, 2.24) is 4.90 Å². The fraction of sp³-hybridized carbons (Fsp3) is 0.333. The smallest absolute Gasteiger partial charge is 0.292 e. The number of amides is 2. The third-order valence-corrected chi connectivity index (χ3v) is 3.01. The average molecular weight is 263 g/mol. The Labute approximate surface area is 109 Å². The molecule has 0 bridgehead atoms. The summed E-state index contributed by atoms with van der Waals surface area (Å²) in [5, 5.41) is 10.6. The fourth-order valence-corrected chi connectivity index (χ4v) is 2.03. The molecule has 0 aromatic heterocycles. The number of nitro benzene ring substituents is 1. The molecule has 1 aromatic rings. The van der Waals surface area contributed by atoms with Crippen LogP contribution >= 0.6 is 0 Å². The summed E-state index contributed by atoms with van der Waals surface area (Å²) in [6, 6.07) is 4.21. The minimum Gasteiger partial charge on any atom is -0.393 e. The lowest BCUT2D eigenvalue weighted by Gasteiger charge is -2.24. The molecule has 2 N–H and O–H groups in total. The van der Waals surface area contributed by atoms with E-state index in [1.54, 1.807) is 0 Å². The first-order valence-corrected chi connectivity index (χ1v) is 5.85. The standard InChI is InChI=1S/C12H13N3O4/c13-9-6-8(4-5-10(9)15(18)19)7-14-11(16)2-1-3-12(14)17/h4-6H,1-3,7,13H2. The van der Waals surface area contributed by atoms with Gasteiger partial charge in [0, 0.05) is 18.9 Å². The number of hydrogen-bond donors (Lipinski definition) is 1. The average Bonchev–Trinajstić information content (AvgIpc) is 2.33. The van der Waals surface area contributed by atoms with Crippen LogP contribution in [-0.4, -0.2) is 21.6 Å². The molecule has 1 heterocycles. The summed E-state index contributed by atoms with van der Waals surface area (Å²) < 4.78 is 0. The predicted octanol–water partition coefficient (Wildman–Crippen LogP) is 1.22. The summed E-state index contributed by atoms with van der Waals surface area (Å²) in [6.45, 7) is 0.111. The number of anilines is 1. The van der Waals surface area contributed by atoms with Gasteiger partial charge in [-0.2, -0.15) is 0 Å². The van der Waals surface area contributed by atoms with E-state index >= 15 is 0 Å². The van der Waals surface area contributed by atoms with E-state index < -0.39 is 4.92 Å². The highest BCUT2D eigenvalue weighted by Gasteiger charge is 2.26. The van der Waals surface area contributed by atoms with Crippen LogP contribution in [0.5, 0.6) is 0 Å². The van der Waals surface area contributed by atoms with Crippen LogP contribution in [0.25, 0.3) is 0 Å². The Bertz CT molecular complexity index is 540. The lowest BCUT2D eigenvalue weighted by atomic mass is 10.1. The summed E-state index contributed by atoms with van der Waals surface area (Å²) in [6.07, 6.45) is 1.29.